The Labute approximate surface area is 109 Å². The molecule has 0 bridgehead atoms. The predicted octanol–water partition coefficient (Wildman–Crippen LogP) is 3.48. The van der Waals surface area contributed by atoms with Gasteiger partial charge in [-0.2, -0.15) is 5.10 Å². The van der Waals surface area contributed by atoms with Crippen LogP contribution in [0.4, 0.5) is 5.82 Å². The molecule has 2 aromatic rings. The van der Waals surface area contributed by atoms with E-state index >= 15 is 0 Å². The summed E-state index contributed by atoms with van der Waals surface area (Å²) in [6.45, 7) is 0. The summed E-state index contributed by atoms with van der Waals surface area (Å²) in [7, 11) is 0. The van der Waals surface area contributed by atoms with E-state index in [4.69, 9.17) is 5.73 Å². The molecule has 0 unspecified atom stereocenters. The Morgan fingerprint density at radius 2 is 1.94 bits per heavy atom. The second kappa shape index (κ2) is 4.18. The first-order valence-electron chi connectivity index (χ1n) is 5.85. The van der Waals surface area contributed by atoms with Crippen LogP contribution in [0.2, 0.25) is 0 Å². The van der Waals surface area contributed by atoms with Crippen molar-refractivity contribution in [3.63, 3.8) is 0 Å². The molecule has 1 aliphatic carbocycles. The standard InChI is InChI=1S/C13H14BrN3/c14-10-4-6-11(7-5-10)17-13(15)8-12(16-17)9-2-1-3-9/h4-9H,1-3,15H2. The number of aromatic nitrogens is 2. The first kappa shape index (κ1) is 10.8. The van der Waals surface area contributed by atoms with Crippen LogP contribution in [-0.2, 0) is 0 Å². The molecule has 1 aromatic carbocycles. The summed E-state index contributed by atoms with van der Waals surface area (Å²) in [5, 5.41) is 4.61. The molecular formula is C13H14BrN3. The third-order valence-electron chi connectivity index (χ3n) is 3.35. The maximum atomic E-state index is 6.02. The largest absolute Gasteiger partial charge is 0.384 e. The Balaban J connectivity index is 1.96. The van der Waals surface area contributed by atoms with E-state index in [0.717, 1.165) is 15.9 Å². The van der Waals surface area contributed by atoms with E-state index in [1.807, 2.05) is 35.0 Å². The van der Waals surface area contributed by atoms with Gasteiger partial charge in [-0.25, -0.2) is 4.68 Å². The van der Waals surface area contributed by atoms with Crippen LogP contribution in [0.1, 0.15) is 30.9 Å². The Morgan fingerprint density at radius 1 is 1.24 bits per heavy atom. The van der Waals surface area contributed by atoms with E-state index in [1.54, 1.807) is 0 Å². The maximum absolute atomic E-state index is 6.02. The number of hydrogen-bond donors (Lipinski definition) is 1. The van der Waals surface area contributed by atoms with E-state index < -0.39 is 0 Å². The highest BCUT2D eigenvalue weighted by molar-refractivity contribution is 9.10. The molecule has 0 saturated heterocycles. The molecule has 88 valence electrons. The molecule has 1 saturated carbocycles. The summed E-state index contributed by atoms with van der Waals surface area (Å²) in [5.41, 5.74) is 8.16. The summed E-state index contributed by atoms with van der Waals surface area (Å²) in [6.07, 6.45) is 3.81. The van der Waals surface area contributed by atoms with Crippen molar-refractivity contribution in [3.8, 4) is 5.69 Å². The van der Waals surface area contributed by atoms with Gasteiger partial charge in [0.25, 0.3) is 0 Å². The average Bonchev–Trinajstić information content (AvgIpc) is 2.59. The van der Waals surface area contributed by atoms with Crippen LogP contribution in [0.15, 0.2) is 34.8 Å². The molecule has 3 nitrogen and oxygen atoms in total. The van der Waals surface area contributed by atoms with Crippen LogP contribution < -0.4 is 5.73 Å². The van der Waals surface area contributed by atoms with Crippen molar-refractivity contribution in [2.75, 3.05) is 5.73 Å². The molecule has 0 atom stereocenters. The zero-order valence-corrected chi connectivity index (χ0v) is 11.0. The van der Waals surface area contributed by atoms with E-state index in [0.29, 0.717) is 11.7 Å². The van der Waals surface area contributed by atoms with Gasteiger partial charge >= 0.3 is 0 Å². The molecule has 0 amide bonds. The zero-order valence-electron chi connectivity index (χ0n) is 9.44. The first-order valence-corrected chi connectivity index (χ1v) is 6.65. The van der Waals surface area contributed by atoms with Crippen molar-refractivity contribution in [1.29, 1.82) is 0 Å². The number of nitrogens with two attached hydrogens (primary N) is 1. The van der Waals surface area contributed by atoms with Crippen LogP contribution in [-0.4, -0.2) is 9.78 Å². The lowest BCUT2D eigenvalue weighted by Crippen LogP contribution is -2.10. The minimum absolute atomic E-state index is 0.619. The molecule has 1 aromatic heterocycles. The van der Waals surface area contributed by atoms with E-state index in [9.17, 15) is 0 Å². The van der Waals surface area contributed by atoms with Gasteiger partial charge in [-0.3, -0.25) is 0 Å². The van der Waals surface area contributed by atoms with E-state index in [1.165, 1.54) is 19.3 Å². The van der Waals surface area contributed by atoms with Crippen molar-refractivity contribution >= 4 is 21.7 Å². The van der Waals surface area contributed by atoms with Crippen LogP contribution in [0.5, 0.6) is 0 Å². The monoisotopic (exact) mass is 291 g/mol. The van der Waals surface area contributed by atoms with Gasteiger partial charge in [0.2, 0.25) is 0 Å². The van der Waals surface area contributed by atoms with Gasteiger partial charge in [0.05, 0.1) is 11.4 Å². The molecule has 17 heavy (non-hydrogen) atoms. The summed E-state index contributed by atoms with van der Waals surface area (Å²) in [4.78, 5) is 0. The topological polar surface area (TPSA) is 43.8 Å². The number of nitrogens with zero attached hydrogens (tertiary/aromatic N) is 2. The third kappa shape index (κ3) is 1.97. The molecule has 1 aliphatic rings. The van der Waals surface area contributed by atoms with Gasteiger partial charge in [-0.15, -0.1) is 0 Å². The summed E-state index contributed by atoms with van der Waals surface area (Å²) >= 11 is 3.42. The number of rotatable bonds is 2. The highest BCUT2D eigenvalue weighted by Gasteiger charge is 2.23. The highest BCUT2D eigenvalue weighted by atomic mass is 79.9. The van der Waals surface area contributed by atoms with Gasteiger partial charge in [0, 0.05) is 16.5 Å². The second-order valence-electron chi connectivity index (χ2n) is 4.51. The lowest BCUT2D eigenvalue weighted by Gasteiger charge is -2.22. The third-order valence-corrected chi connectivity index (χ3v) is 3.88. The smallest absolute Gasteiger partial charge is 0.127 e. The predicted molar refractivity (Wildman–Crippen MR) is 72.3 cm³/mol. The van der Waals surface area contributed by atoms with E-state index in [2.05, 4.69) is 21.0 Å². The fourth-order valence-electron chi connectivity index (χ4n) is 2.11. The Bertz CT molecular complexity index is 526. The van der Waals surface area contributed by atoms with Crippen molar-refractivity contribution < 1.29 is 0 Å². The fraction of sp³-hybridized carbons (Fsp3) is 0.308. The van der Waals surface area contributed by atoms with Crippen LogP contribution >= 0.6 is 15.9 Å². The summed E-state index contributed by atoms with van der Waals surface area (Å²) in [6, 6.07) is 10.0. The minimum Gasteiger partial charge on any atom is -0.384 e. The van der Waals surface area contributed by atoms with Crippen LogP contribution in [0.25, 0.3) is 5.69 Å². The minimum atomic E-state index is 0.619. The molecule has 0 aliphatic heterocycles. The number of nitrogen functional groups attached to an aromatic ring is 1. The molecule has 4 heteroatoms. The average molecular weight is 292 g/mol. The summed E-state index contributed by atoms with van der Waals surface area (Å²) < 4.78 is 2.88. The second-order valence-corrected chi connectivity index (χ2v) is 5.43. The first-order chi connectivity index (χ1) is 8.24. The number of halogens is 1. The lowest BCUT2D eigenvalue weighted by molar-refractivity contribution is 0.409. The number of anilines is 1. The number of hydrogen-bond acceptors (Lipinski definition) is 2. The highest BCUT2D eigenvalue weighted by Crippen LogP contribution is 2.36. The van der Waals surface area contributed by atoms with E-state index in [-0.39, 0.29) is 0 Å². The maximum Gasteiger partial charge on any atom is 0.127 e. The van der Waals surface area contributed by atoms with Crippen molar-refractivity contribution in [2.24, 2.45) is 0 Å². The van der Waals surface area contributed by atoms with Gasteiger partial charge in [0.1, 0.15) is 5.82 Å². The molecule has 2 N–H and O–H groups in total. The van der Waals surface area contributed by atoms with Gasteiger partial charge in [-0.1, -0.05) is 22.4 Å². The Hall–Kier alpha value is -1.29. The summed E-state index contributed by atoms with van der Waals surface area (Å²) in [5.74, 6) is 1.34. The molecule has 3 rings (SSSR count). The van der Waals surface area contributed by atoms with Crippen LogP contribution in [0.3, 0.4) is 0 Å². The molecule has 1 heterocycles. The zero-order chi connectivity index (χ0) is 11.8. The van der Waals surface area contributed by atoms with Crippen molar-refractivity contribution in [2.45, 2.75) is 25.2 Å². The Morgan fingerprint density at radius 3 is 2.53 bits per heavy atom. The number of benzene rings is 1. The lowest BCUT2D eigenvalue weighted by atomic mass is 9.83. The van der Waals surface area contributed by atoms with Crippen LogP contribution in [0, 0.1) is 0 Å². The molecule has 0 radical (unpaired) electrons. The molecule has 1 fully saturated rings. The molecule has 0 spiro atoms. The molecular weight excluding hydrogens is 278 g/mol. The van der Waals surface area contributed by atoms with Gasteiger partial charge < -0.3 is 5.73 Å². The van der Waals surface area contributed by atoms with Crippen molar-refractivity contribution in [1.82, 2.24) is 9.78 Å². The van der Waals surface area contributed by atoms with Crippen molar-refractivity contribution in [3.05, 3.63) is 40.5 Å². The normalized spacial score (nSPS) is 15.8. The fourth-order valence-corrected chi connectivity index (χ4v) is 2.37. The SMILES string of the molecule is Nc1cc(C2CCC2)nn1-c1ccc(Br)cc1. The quantitative estimate of drug-likeness (QED) is 0.920. The Kier molecular flexibility index (Phi) is 2.67. The van der Waals surface area contributed by atoms with Gasteiger partial charge in [0.15, 0.2) is 0 Å². The van der Waals surface area contributed by atoms with Gasteiger partial charge in [-0.05, 0) is 37.1 Å².